The van der Waals surface area contributed by atoms with Crippen molar-refractivity contribution < 1.29 is 0 Å². The quantitative estimate of drug-likeness (QED) is 0.853. The Balaban J connectivity index is 2.05. The third-order valence-corrected chi connectivity index (χ3v) is 5.39. The minimum Gasteiger partial charge on any atom is -0.356 e. The van der Waals surface area contributed by atoms with E-state index in [2.05, 4.69) is 31.7 Å². The van der Waals surface area contributed by atoms with Crippen molar-refractivity contribution in [1.29, 1.82) is 0 Å². The van der Waals surface area contributed by atoms with Gasteiger partial charge in [-0.3, -0.25) is 0 Å². The van der Waals surface area contributed by atoms with E-state index >= 15 is 0 Å². The van der Waals surface area contributed by atoms with Crippen molar-refractivity contribution in [2.24, 2.45) is 5.92 Å². The van der Waals surface area contributed by atoms with Gasteiger partial charge >= 0.3 is 0 Å². The van der Waals surface area contributed by atoms with E-state index in [1.165, 1.54) is 33.8 Å². The average Bonchev–Trinajstić information content (AvgIpc) is 2.90. The molecule has 0 atom stereocenters. The highest BCUT2D eigenvalue weighted by atomic mass is 32.1. The maximum absolute atomic E-state index is 4.84. The van der Waals surface area contributed by atoms with Crippen LogP contribution < -0.4 is 4.90 Å². The lowest BCUT2D eigenvalue weighted by Crippen LogP contribution is -2.33. The molecule has 0 amide bonds. The summed E-state index contributed by atoms with van der Waals surface area (Å²) in [6.07, 6.45) is 4.54. The monoisotopic (exact) mass is 289 g/mol. The molecule has 0 unspecified atom stereocenters. The summed E-state index contributed by atoms with van der Waals surface area (Å²) in [6.45, 7) is 8.96. The van der Waals surface area contributed by atoms with Crippen LogP contribution in [0.1, 0.15) is 44.3 Å². The summed E-state index contributed by atoms with van der Waals surface area (Å²) in [5.74, 6) is 3.01. The predicted molar refractivity (Wildman–Crippen MR) is 86.8 cm³/mol. The van der Waals surface area contributed by atoms with Gasteiger partial charge < -0.3 is 4.90 Å². The number of aromatic nitrogens is 2. The molecule has 0 radical (unpaired) electrons. The second-order valence-electron chi connectivity index (χ2n) is 5.77. The zero-order chi connectivity index (χ0) is 14.1. The van der Waals surface area contributed by atoms with E-state index in [-0.39, 0.29) is 0 Å². The lowest BCUT2D eigenvalue weighted by atomic mass is 9.99. The Morgan fingerprint density at radius 1 is 1.20 bits per heavy atom. The smallest absolute Gasteiger partial charge is 0.141 e. The van der Waals surface area contributed by atoms with Gasteiger partial charge in [0.25, 0.3) is 0 Å². The van der Waals surface area contributed by atoms with Gasteiger partial charge in [0.15, 0.2) is 0 Å². The van der Waals surface area contributed by atoms with Gasteiger partial charge in [-0.25, -0.2) is 9.97 Å². The Kier molecular flexibility index (Phi) is 3.92. The molecule has 3 rings (SSSR count). The molecular weight excluding hydrogens is 266 g/mol. The molecule has 3 nitrogen and oxygen atoms in total. The second-order valence-corrected chi connectivity index (χ2v) is 6.89. The largest absolute Gasteiger partial charge is 0.356 e. The molecule has 3 heterocycles. The van der Waals surface area contributed by atoms with Crippen molar-refractivity contribution in [2.45, 2.75) is 46.5 Å². The third kappa shape index (κ3) is 2.53. The van der Waals surface area contributed by atoms with Crippen LogP contribution in [-0.4, -0.2) is 23.1 Å². The Hall–Kier alpha value is -1.16. The molecule has 1 fully saturated rings. The Morgan fingerprint density at radius 3 is 2.60 bits per heavy atom. The number of thiophene rings is 1. The van der Waals surface area contributed by atoms with E-state index in [0.29, 0.717) is 0 Å². The normalized spacial score (nSPS) is 17.1. The molecule has 1 saturated heterocycles. The van der Waals surface area contributed by atoms with Crippen LogP contribution in [0.2, 0.25) is 0 Å². The lowest BCUT2D eigenvalue weighted by Gasteiger charge is -2.31. The highest BCUT2D eigenvalue weighted by Crippen LogP contribution is 2.33. The van der Waals surface area contributed by atoms with Crippen molar-refractivity contribution in [3.63, 3.8) is 0 Å². The van der Waals surface area contributed by atoms with Gasteiger partial charge in [-0.1, -0.05) is 20.8 Å². The molecule has 0 N–H and O–H groups in total. The fourth-order valence-electron chi connectivity index (χ4n) is 2.79. The molecule has 0 aliphatic carbocycles. The lowest BCUT2D eigenvalue weighted by molar-refractivity contribution is 0.437. The minimum atomic E-state index is 0.850. The number of hydrogen-bond acceptors (Lipinski definition) is 4. The first-order chi connectivity index (χ1) is 9.71. The van der Waals surface area contributed by atoms with Gasteiger partial charge in [0.05, 0.1) is 5.39 Å². The molecule has 0 aromatic carbocycles. The Morgan fingerprint density at radius 2 is 1.95 bits per heavy atom. The van der Waals surface area contributed by atoms with Gasteiger partial charge in [-0.15, -0.1) is 11.3 Å². The number of anilines is 1. The summed E-state index contributed by atoms with van der Waals surface area (Å²) in [7, 11) is 0. The van der Waals surface area contributed by atoms with Gasteiger partial charge in [0.1, 0.15) is 16.5 Å². The first-order valence-corrected chi connectivity index (χ1v) is 8.57. The number of aryl methyl sites for hydroxylation is 2. The molecule has 4 heteroatoms. The van der Waals surface area contributed by atoms with Crippen LogP contribution in [0, 0.1) is 5.92 Å². The van der Waals surface area contributed by atoms with Crippen molar-refractivity contribution in [1.82, 2.24) is 9.97 Å². The van der Waals surface area contributed by atoms with Gasteiger partial charge in [-0.05, 0) is 31.2 Å². The van der Waals surface area contributed by atoms with Crippen molar-refractivity contribution >= 4 is 27.4 Å². The first-order valence-electron chi connectivity index (χ1n) is 7.75. The number of nitrogens with zero attached hydrogens (tertiary/aromatic N) is 3. The molecule has 2 aromatic rings. The van der Waals surface area contributed by atoms with Crippen molar-refractivity contribution in [2.75, 3.05) is 18.0 Å². The predicted octanol–water partition coefficient (Wildman–Crippen LogP) is 4.05. The molecule has 0 bridgehead atoms. The fraction of sp³-hybridized carbons (Fsp3) is 0.625. The molecule has 2 aromatic heterocycles. The number of rotatable bonds is 3. The minimum absolute atomic E-state index is 0.850. The second kappa shape index (κ2) is 5.68. The van der Waals surface area contributed by atoms with E-state index in [1.54, 1.807) is 0 Å². The van der Waals surface area contributed by atoms with Crippen LogP contribution in [0.3, 0.4) is 0 Å². The highest BCUT2D eigenvalue weighted by Gasteiger charge is 2.21. The Bertz CT molecular complexity index is 597. The standard InChI is InChI=1S/C16H23N3S/c1-4-12-10-13-15(19-8-6-11(3)7-9-19)17-14(5-2)18-16(13)20-12/h10-11H,4-9H2,1-3H3. The van der Waals surface area contributed by atoms with Crippen LogP contribution >= 0.6 is 11.3 Å². The summed E-state index contributed by atoms with van der Waals surface area (Å²) in [5.41, 5.74) is 0. The molecule has 1 aliphatic heterocycles. The van der Waals surface area contributed by atoms with Crippen LogP contribution in [0.25, 0.3) is 10.2 Å². The van der Waals surface area contributed by atoms with Crippen LogP contribution in [0.15, 0.2) is 6.07 Å². The molecule has 0 spiro atoms. The van der Waals surface area contributed by atoms with Crippen LogP contribution in [0.5, 0.6) is 0 Å². The number of fused-ring (bicyclic) bond motifs is 1. The summed E-state index contributed by atoms with van der Waals surface area (Å²) in [6, 6.07) is 2.30. The summed E-state index contributed by atoms with van der Waals surface area (Å²) in [5, 5.41) is 1.26. The zero-order valence-electron chi connectivity index (χ0n) is 12.6. The van der Waals surface area contributed by atoms with Gasteiger partial charge in [0.2, 0.25) is 0 Å². The first kappa shape index (κ1) is 13.8. The van der Waals surface area contributed by atoms with Crippen molar-refractivity contribution in [3.8, 4) is 0 Å². The van der Waals surface area contributed by atoms with Crippen LogP contribution in [-0.2, 0) is 12.8 Å². The average molecular weight is 289 g/mol. The molecule has 20 heavy (non-hydrogen) atoms. The topological polar surface area (TPSA) is 29.0 Å². The van der Waals surface area contributed by atoms with Crippen molar-refractivity contribution in [3.05, 3.63) is 16.8 Å². The maximum Gasteiger partial charge on any atom is 0.141 e. The van der Waals surface area contributed by atoms with E-state index in [1.807, 2.05) is 11.3 Å². The van der Waals surface area contributed by atoms with Crippen LogP contribution in [0.4, 0.5) is 5.82 Å². The van der Waals surface area contributed by atoms with E-state index in [4.69, 9.17) is 9.97 Å². The van der Waals surface area contributed by atoms with Gasteiger partial charge in [-0.2, -0.15) is 0 Å². The van der Waals surface area contributed by atoms with E-state index in [9.17, 15) is 0 Å². The third-order valence-electron chi connectivity index (χ3n) is 4.22. The van der Waals surface area contributed by atoms with E-state index in [0.717, 1.165) is 37.7 Å². The molecule has 108 valence electrons. The summed E-state index contributed by atoms with van der Waals surface area (Å²) >= 11 is 1.83. The summed E-state index contributed by atoms with van der Waals surface area (Å²) < 4.78 is 0. The molecule has 1 aliphatic rings. The Labute approximate surface area is 125 Å². The fourth-order valence-corrected chi connectivity index (χ4v) is 3.77. The number of piperidine rings is 1. The van der Waals surface area contributed by atoms with Gasteiger partial charge in [0, 0.05) is 24.4 Å². The molecular formula is C16H23N3S. The SMILES string of the molecule is CCc1nc(N2CCC(C)CC2)c2cc(CC)sc2n1. The van der Waals surface area contributed by atoms with E-state index < -0.39 is 0 Å². The highest BCUT2D eigenvalue weighted by molar-refractivity contribution is 7.18. The number of hydrogen-bond donors (Lipinski definition) is 0. The maximum atomic E-state index is 4.84. The zero-order valence-corrected chi connectivity index (χ0v) is 13.5. The summed E-state index contributed by atoms with van der Waals surface area (Å²) in [4.78, 5) is 14.6. The molecule has 0 saturated carbocycles.